The molecule has 0 spiro atoms. The zero-order valence-corrected chi connectivity index (χ0v) is 14.6. The van der Waals surface area contributed by atoms with E-state index in [0.717, 1.165) is 5.56 Å². The Morgan fingerprint density at radius 2 is 1.92 bits per heavy atom. The summed E-state index contributed by atoms with van der Waals surface area (Å²) in [6, 6.07) is 10.0. The summed E-state index contributed by atoms with van der Waals surface area (Å²) >= 11 is 11.7. The Balaban J connectivity index is 2.07. The Labute approximate surface area is 149 Å². The van der Waals surface area contributed by atoms with E-state index in [0.29, 0.717) is 5.69 Å². The van der Waals surface area contributed by atoms with Crippen LogP contribution in [0.25, 0.3) is 0 Å². The number of anilines is 2. The zero-order valence-electron chi connectivity index (χ0n) is 13.1. The van der Waals surface area contributed by atoms with E-state index in [4.69, 9.17) is 33.7 Å². The third kappa shape index (κ3) is 4.40. The van der Waals surface area contributed by atoms with Crippen molar-refractivity contribution in [3.8, 4) is 0 Å². The first-order chi connectivity index (χ1) is 11.3. The topological polar surface area (TPSA) is 81.4 Å². The Hall–Kier alpha value is -2.24. The van der Waals surface area contributed by atoms with E-state index in [1.807, 2.05) is 19.1 Å². The van der Waals surface area contributed by atoms with Gasteiger partial charge in [-0.3, -0.25) is 4.79 Å². The number of benzene rings is 2. The summed E-state index contributed by atoms with van der Waals surface area (Å²) in [5.74, 6) is -1.23. The standard InChI is InChI=1S/C17H16Cl2N2O3/c1-9-4-3-5-12(6-9)21-16(22)10(2)24-17(23)13-7-11(18)8-14(19)15(13)20/h3-8,10H,20H2,1-2H3,(H,21,22)/t10-/m1/s1. The molecule has 0 aliphatic heterocycles. The lowest BCUT2D eigenvalue weighted by atomic mass is 10.2. The molecular formula is C17H16Cl2N2O3. The molecule has 0 fully saturated rings. The summed E-state index contributed by atoms with van der Waals surface area (Å²) in [6.07, 6.45) is -1.02. The molecule has 126 valence electrons. The Kier molecular flexibility index (Phi) is 5.70. The second kappa shape index (κ2) is 7.55. The summed E-state index contributed by atoms with van der Waals surface area (Å²) in [7, 11) is 0. The van der Waals surface area contributed by atoms with Crippen molar-refractivity contribution in [2.75, 3.05) is 11.1 Å². The molecule has 0 aliphatic rings. The lowest BCUT2D eigenvalue weighted by Gasteiger charge is -2.15. The minimum absolute atomic E-state index is 0.0164. The van der Waals surface area contributed by atoms with Crippen LogP contribution in [0.4, 0.5) is 11.4 Å². The van der Waals surface area contributed by atoms with Gasteiger partial charge in [0.25, 0.3) is 5.91 Å². The lowest BCUT2D eigenvalue weighted by molar-refractivity contribution is -0.123. The van der Waals surface area contributed by atoms with Crippen molar-refractivity contribution < 1.29 is 14.3 Å². The molecule has 0 radical (unpaired) electrons. The quantitative estimate of drug-likeness (QED) is 0.631. The number of hydrogen-bond acceptors (Lipinski definition) is 4. The fraction of sp³-hybridized carbons (Fsp3) is 0.176. The number of hydrogen-bond donors (Lipinski definition) is 2. The van der Waals surface area contributed by atoms with Crippen LogP contribution in [-0.4, -0.2) is 18.0 Å². The summed E-state index contributed by atoms with van der Waals surface area (Å²) in [6.45, 7) is 3.37. The van der Waals surface area contributed by atoms with Crippen molar-refractivity contribution >= 4 is 46.5 Å². The molecule has 1 atom stereocenters. The van der Waals surface area contributed by atoms with Crippen molar-refractivity contribution in [1.29, 1.82) is 0 Å². The molecule has 0 heterocycles. The van der Waals surface area contributed by atoms with Crippen LogP contribution >= 0.6 is 23.2 Å². The maximum Gasteiger partial charge on any atom is 0.341 e. The maximum atomic E-state index is 12.2. The van der Waals surface area contributed by atoms with Gasteiger partial charge in [-0.2, -0.15) is 0 Å². The first-order valence-corrected chi connectivity index (χ1v) is 7.86. The number of amides is 1. The van der Waals surface area contributed by atoms with Gasteiger partial charge in [0, 0.05) is 10.7 Å². The highest BCUT2D eigenvalue weighted by Gasteiger charge is 2.22. The Bertz CT molecular complexity index is 793. The van der Waals surface area contributed by atoms with Gasteiger partial charge in [0.15, 0.2) is 6.10 Å². The highest BCUT2D eigenvalue weighted by Crippen LogP contribution is 2.28. The predicted molar refractivity (Wildman–Crippen MR) is 95.6 cm³/mol. The monoisotopic (exact) mass is 366 g/mol. The second-order valence-electron chi connectivity index (χ2n) is 5.26. The molecule has 0 unspecified atom stereocenters. The van der Waals surface area contributed by atoms with Crippen molar-refractivity contribution in [1.82, 2.24) is 0 Å². The number of rotatable bonds is 4. The molecule has 2 aromatic carbocycles. The fourth-order valence-electron chi connectivity index (χ4n) is 2.00. The highest BCUT2D eigenvalue weighted by atomic mass is 35.5. The molecule has 0 aromatic heterocycles. The number of ether oxygens (including phenoxy) is 1. The van der Waals surface area contributed by atoms with Gasteiger partial charge in [0.2, 0.25) is 0 Å². The van der Waals surface area contributed by atoms with Crippen LogP contribution in [0.5, 0.6) is 0 Å². The van der Waals surface area contributed by atoms with E-state index in [1.54, 1.807) is 12.1 Å². The minimum Gasteiger partial charge on any atom is -0.449 e. The molecule has 1 amide bonds. The van der Waals surface area contributed by atoms with Gasteiger partial charge in [-0.1, -0.05) is 35.3 Å². The lowest BCUT2D eigenvalue weighted by Crippen LogP contribution is -2.30. The number of nitrogens with one attached hydrogen (secondary N) is 1. The normalized spacial score (nSPS) is 11.7. The van der Waals surface area contributed by atoms with Crippen LogP contribution in [0.1, 0.15) is 22.8 Å². The largest absolute Gasteiger partial charge is 0.449 e. The van der Waals surface area contributed by atoms with Crippen LogP contribution in [-0.2, 0) is 9.53 Å². The number of carbonyl (C=O) groups is 2. The fourth-order valence-corrected chi connectivity index (χ4v) is 2.49. The molecule has 0 saturated heterocycles. The first kappa shape index (κ1) is 18.1. The van der Waals surface area contributed by atoms with Crippen LogP contribution in [0.3, 0.4) is 0 Å². The van der Waals surface area contributed by atoms with Crippen LogP contribution in [0, 0.1) is 6.92 Å². The zero-order chi connectivity index (χ0) is 17.9. The molecule has 24 heavy (non-hydrogen) atoms. The van der Waals surface area contributed by atoms with Gasteiger partial charge in [-0.15, -0.1) is 0 Å². The van der Waals surface area contributed by atoms with E-state index < -0.39 is 18.0 Å². The van der Waals surface area contributed by atoms with Gasteiger partial charge in [-0.25, -0.2) is 4.79 Å². The van der Waals surface area contributed by atoms with E-state index in [1.165, 1.54) is 19.1 Å². The van der Waals surface area contributed by atoms with Gasteiger partial charge >= 0.3 is 5.97 Å². The van der Waals surface area contributed by atoms with Crippen LogP contribution in [0.2, 0.25) is 10.0 Å². The van der Waals surface area contributed by atoms with Crippen molar-refractivity contribution in [3.05, 3.63) is 57.6 Å². The molecule has 2 rings (SSSR count). The third-order valence-corrected chi connectivity index (χ3v) is 3.78. The summed E-state index contributed by atoms with van der Waals surface area (Å²) < 4.78 is 5.14. The van der Waals surface area contributed by atoms with Crippen molar-refractivity contribution in [3.63, 3.8) is 0 Å². The van der Waals surface area contributed by atoms with Gasteiger partial charge in [-0.05, 0) is 43.7 Å². The highest BCUT2D eigenvalue weighted by molar-refractivity contribution is 6.37. The van der Waals surface area contributed by atoms with E-state index in [2.05, 4.69) is 5.32 Å². The Morgan fingerprint density at radius 3 is 2.58 bits per heavy atom. The number of nitrogen functional groups attached to an aromatic ring is 1. The van der Waals surface area contributed by atoms with Crippen molar-refractivity contribution in [2.24, 2.45) is 0 Å². The van der Waals surface area contributed by atoms with Gasteiger partial charge in [0.05, 0.1) is 16.3 Å². The smallest absolute Gasteiger partial charge is 0.341 e. The summed E-state index contributed by atoms with van der Waals surface area (Å²) in [5, 5.41) is 3.07. The Morgan fingerprint density at radius 1 is 1.21 bits per heavy atom. The summed E-state index contributed by atoms with van der Waals surface area (Å²) in [4.78, 5) is 24.3. The average molecular weight is 367 g/mol. The number of aryl methyl sites for hydroxylation is 1. The number of carbonyl (C=O) groups excluding carboxylic acids is 2. The van der Waals surface area contributed by atoms with Crippen LogP contribution in [0.15, 0.2) is 36.4 Å². The molecule has 5 nitrogen and oxygen atoms in total. The van der Waals surface area contributed by atoms with Gasteiger partial charge in [0.1, 0.15) is 0 Å². The molecule has 2 aromatic rings. The van der Waals surface area contributed by atoms with E-state index in [-0.39, 0.29) is 21.3 Å². The van der Waals surface area contributed by atoms with Gasteiger partial charge < -0.3 is 15.8 Å². The van der Waals surface area contributed by atoms with E-state index >= 15 is 0 Å². The van der Waals surface area contributed by atoms with Crippen LogP contribution < -0.4 is 11.1 Å². The second-order valence-corrected chi connectivity index (χ2v) is 6.10. The number of esters is 1. The third-order valence-electron chi connectivity index (χ3n) is 3.25. The molecule has 0 bridgehead atoms. The average Bonchev–Trinajstić information content (AvgIpc) is 2.50. The minimum atomic E-state index is -1.02. The molecule has 0 saturated carbocycles. The molecule has 0 aliphatic carbocycles. The maximum absolute atomic E-state index is 12.2. The molecule has 3 N–H and O–H groups in total. The molecule has 7 heteroatoms. The summed E-state index contributed by atoms with van der Waals surface area (Å²) in [5.41, 5.74) is 7.44. The predicted octanol–water partition coefficient (Wildman–Crippen LogP) is 4.07. The van der Waals surface area contributed by atoms with E-state index in [9.17, 15) is 9.59 Å². The first-order valence-electron chi connectivity index (χ1n) is 7.11. The number of halogens is 2. The number of nitrogens with two attached hydrogens (primary N) is 1. The molecular weight excluding hydrogens is 351 g/mol. The SMILES string of the molecule is Cc1cccc(NC(=O)[C@@H](C)OC(=O)c2cc(Cl)cc(Cl)c2N)c1. The van der Waals surface area contributed by atoms with Crippen molar-refractivity contribution in [2.45, 2.75) is 20.0 Å².